The molecule has 3 saturated carbocycles. The highest BCUT2D eigenvalue weighted by molar-refractivity contribution is 6.31. The summed E-state index contributed by atoms with van der Waals surface area (Å²) >= 11 is 0. The highest BCUT2D eigenvalue weighted by Gasteiger charge is 2.70. The van der Waals surface area contributed by atoms with Gasteiger partial charge in [-0.1, -0.05) is 46.2 Å². The monoisotopic (exact) mass is 537 g/mol. The molecule has 1 aromatic rings. The van der Waals surface area contributed by atoms with Gasteiger partial charge in [0, 0.05) is 24.7 Å². The number of benzene rings is 1. The number of primary amides is 1. The van der Waals surface area contributed by atoms with Crippen molar-refractivity contribution in [2.75, 3.05) is 0 Å². The molecule has 0 spiro atoms. The molecule has 4 aliphatic carbocycles. The van der Waals surface area contributed by atoms with E-state index < -0.39 is 82.0 Å². The van der Waals surface area contributed by atoms with Crippen LogP contribution in [0.15, 0.2) is 12.1 Å². The summed E-state index contributed by atoms with van der Waals surface area (Å²) in [6, 6.07) is 3.50. The summed E-state index contributed by atoms with van der Waals surface area (Å²) in [4.78, 5) is 79.9. The zero-order chi connectivity index (χ0) is 28.8. The third kappa shape index (κ3) is 3.76. The van der Waals surface area contributed by atoms with Gasteiger partial charge in [-0.3, -0.25) is 28.8 Å². The summed E-state index contributed by atoms with van der Waals surface area (Å²) in [5.74, 6) is -12.6. The lowest BCUT2D eigenvalue weighted by molar-refractivity contribution is -0.183. The summed E-state index contributed by atoms with van der Waals surface area (Å²) in [7, 11) is 0. The second kappa shape index (κ2) is 8.91. The average molecular weight is 538 g/mol. The third-order valence-electron chi connectivity index (χ3n) is 9.87. The van der Waals surface area contributed by atoms with Crippen molar-refractivity contribution in [1.82, 2.24) is 0 Å². The van der Waals surface area contributed by atoms with E-state index in [-0.39, 0.29) is 29.4 Å². The van der Waals surface area contributed by atoms with Crippen LogP contribution in [0.2, 0.25) is 0 Å². The van der Waals surface area contributed by atoms with Crippen molar-refractivity contribution in [2.45, 2.75) is 76.7 Å². The molecule has 9 heteroatoms. The number of carbonyl (C=O) groups excluding carboxylic acids is 6. The molecular formula is C30H35NO8. The molecule has 1 aromatic carbocycles. The lowest BCUT2D eigenvalue weighted by Gasteiger charge is -2.55. The van der Waals surface area contributed by atoms with E-state index in [9.17, 15) is 39.0 Å². The highest BCUT2D eigenvalue weighted by atomic mass is 16.3. The molecule has 1 amide bonds. The molecule has 3 fully saturated rings. The summed E-state index contributed by atoms with van der Waals surface area (Å²) < 4.78 is 0. The Hall–Kier alpha value is -3.20. The molecule has 7 atom stereocenters. The highest BCUT2D eigenvalue weighted by Crippen LogP contribution is 2.58. The van der Waals surface area contributed by atoms with Gasteiger partial charge in [0.15, 0.2) is 34.7 Å². The molecule has 39 heavy (non-hydrogen) atoms. The predicted molar refractivity (Wildman–Crippen MR) is 138 cm³/mol. The Balaban J connectivity index is 1.70. The molecule has 4 N–H and O–H groups in total. The van der Waals surface area contributed by atoms with Gasteiger partial charge >= 0.3 is 0 Å². The van der Waals surface area contributed by atoms with Gasteiger partial charge in [-0.2, -0.15) is 0 Å². The van der Waals surface area contributed by atoms with E-state index in [1.165, 1.54) is 0 Å². The maximum Gasteiger partial charge on any atom is 0.235 e. The van der Waals surface area contributed by atoms with Crippen LogP contribution in [-0.4, -0.2) is 50.6 Å². The number of phenols is 1. The third-order valence-corrected chi connectivity index (χ3v) is 9.87. The minimum absolute atomic E-state index is 0.0265. The molecule has 0 bridgehead atoms. The van der Waals surface area contributed by atoms with Gasteiger partial charge in [0.05, 0.1) is 11.5 Å². The van der Waals surface area contributed by atoms with Crippen LogP contribution in [0, 0.1) is 35.5 Å². The van der Waals surface area contributed by atoms with E-state index in [1.807, 2.05) is 20.8 Å². The Labute approximate surface area is 226 Å². The van der Waals surface area contributed by atoms with Crippen LogP contribution < -0.4 is 5.73 Å². The lowest BCUT2D eigenvalue weighted by Crippen LogP contribution is -2.71. The number of hydrogen-bond acceptors (Lipinski definition) is 8. The van der Waals surface area contributed by atoms with Gasteiger partial charge in [-0.05, 0) is 47.1 Å². The molecule has 5 rings (SSSR count). The Morgan fingerprint density at radius 2 is 1.72 bits per heavy atom. The zero-order valence-electron chi connectivity index (χ0n) is 22.7. The summed E-state index contributed by atoms with van der Waals surface area (Å²) in [6.45, 7) is 7.42. The first-order valence-corrected chi connectivity index (χ1v) is 13.7. The number of amides is 1. The van der Waals surface area contributed by atoms with E-state index in [0.29, 0.717) is 11.1 Å². The van der Waals surface area contributed by atoms with Crippen LogP contribution in [-0.2, 0) is 29.4 Å². The topological polar surface area (TPSA) is 169 Å². The molecule has 0 aliphatic heterocycles. The van der Waals surface area contributed by atoms with Gasteiger partial charge < -0.3 is 15.9 Å². The van der Waals surface area contributed by atoms with E-state index in [0.717, 1.165) is 19.3 Å². The fraction of sp³-hybridized carbons (Fsp3) is 0.600. The van der Waals surface area contributed by atoms with Crippen LogP contribution in [0.4, 0.5) is 0 Å². The molecule has 9 nitrogen and oxygen atoms in total. The average Bonchev–Trinajstić information content (AvgIpc) is 2.79. The van der Waals surface area contributed by atoms with Gasteiger partial charge in [0.2, 0.25) is 5.91 Å². The van der Waals surface area contributed by atoms with Crippen molar-refractivity contribution < 1.29 is 39.0 Å². The van der Waals surface area contributed by atoms with Crippen molar-refractivity contribution in [3.05, 3.63) is 28.8 Å². The first kappa shape index (κ1) is 27.4. The number of aliphatic hydroxyl groups is 1. The zero-order valence-corrected chi connectivity index (χ0v) is 22.7. The first-order chi connectivity index (χ1) is 18.1. The number of fused-ring (bicyclic) bond motifs is 3. The number of phenolic OH excluding ortho intramolecular Hbond substituents is 1. The van der Waals surface area contributed by atoms with Gasteiger partial charge in [0.1, 0.15) is 11.5 Å². The molecule has 0 radical (unpaired) electrons. The van der Waals surface area contributed by atoms with Gasteiger partial charge in [0.25, 0.3) is 0 Å². The number of Topliss-reactive ketones (excluding diaryl/α,β-unsaturated/α-hetero) is 5. The quantitative estimate of drug-likeness (QED) is 0.491. The van der Waals surface area contributed by atoms with Crippen molar-refractivity contribution >= 4 is 34.8 Å². The second-order valence-electron chi connectivity index (χ2n) is 13.0. The number of rotatable bonds is 4. The lowest BCUT2D eigenvalue weighted by atomic mass is 9.47. The fourth-order valence-electron chi connectivity index (χ4n) is 7.59. The summed E-state index contributed by atoms with van der Waals surface area (Å²) in [6.07, 6.45) is 1.77. The van der Waals surface area contributed by atoms with E-state index in [1.54, 1.807) is 19.1 Å². The molecular weight excluding hydrogens is 502 g/mol. The Morgan fingerprint density at radius 1 is 1.08 bits per heavy atom. The molecule has 0 aromatic heterocycles. The van der Waals surface area contributed by atoms with Crippen molar-refractivity contribution in [2.24, 2.45) is 41.2 Å². The normalized spacial score (nSPS) is 34.6. The van der Waals surface area contributed by atoms with Crippen molar-refractivity contribution in [3.8, 4) is 5.75 Å². The summed E-state index contributed by atoms with van der Waals surface area (Å²) in [5, 5.41) is 23.1. The smallest absolute Gasteiger partial charge is 0.235 e. The van der Waals surface area contributed by atoms with Crippen LogP contribution in [0.25, 0.3) is 0 Å². The largest absolute Gasteiger partial charge is 0.507 e. The Kier molecular flexibility index (Phi) is 6.25. The summed E-state index contributed by atoms with van der Waals surface area (Å²) in [5.41, 5.74) is 2.98. The van der Waals surface area contributed by atoms with E-state index in [2.05, 4.69) is 0 Å². The minimum atomic E-state index is -2.82. The molecule has 208 valence electrons. The molecule has 2 unspecified atom stereocenters. The predicted octanol–water partition coefficient (Wildman–Crippen LogP) is 2.17. The van der Waals surface area contributed by atoms with Crippen molar-refractivity contribution in [3.63, 3.8) is 0 Å². The first-order valence-electron chi connectivity index (χ1n) is 13.7. The fourth-order valence-corrected chi connectivity index (χ4v) is 7.59. The van der Waals surface area contributed by atoms with Crippen LogP contribution in [0.1, 0.15) is 87.2 Å². The van der Waals surface area contributed by atoms with Crippen LogP contribution in [0.5, 0.6) is 5.75 Å². The van der Waals surface area contributed by atoms with Gasteiger partial charge in [-0.15, -0.1) is 0 Å². The molecule has 0 heterocycles. The molecule has 0 saturated heterocycles. The minimum Gasteiger partial charge on any atom is -0.507 e. The van der Waals surface area contributed by atoms with E-state index >= 15 is 0 Å². The maximum atomic E-state index is 14.1. The number of aromatic hydroxyl groups is 1. The van der Waals surface area contributed by atoms with E-state index in [4.69, 9.17) is 5.73 Å². The molecule has 4 aliphatic rings. The Morgan fingerprint density at radius 3 is 2.26 bits per heavy atom. The number of carbonyl (C=O) groups is 6. The standard InChI is InChI=1S/C30H35NO8/c1-12-14-8-9-16(29(2,3)4)24(34)21(14)25(35)23-20(12)15(10-18(32)13-6-5-7-13)17-11-19(33)22(28(31)38)26(36)30(17,39)27(23)37/h8-9,12-13,15,17,20,22-23,34,39H,5-7,10-11H2,1-4H3,(H2,31,38)/t12-,15+,17+,20-,22?,23?,30+/m0/s1. The van der Waals surface area contributed by atoms with Gasteiger partial charge in [-0.25, -0.2) is 0 Å². The number of hydrogen-bond donors (Lipinski definition) is 3. The second-order valence-corrected chi connectivity index (χ2v) is 13.0. The maximum absolute atomic E-state index is 14.1. The number of ketones is 5. The van der Waals surface area contributed by atoms with Crippen LogP contribution >= 0.6 is 0 Å². The van der Waals surface area contributed by atoms with Crippen molar-refractivity contribution in [1.29, 1.82) is 0 Å². The number of nitrogens with two attached hydrogens (primary N) is 1. The van der Waals surface area contributed by atoms with Crippen LogP contribution in [0.3, 0.4) is 0 Å². The SMILES string of the molecule is C[C@H]1c2ccc(C(C)(C)C)c(O)c2C(=O)C2C(=O)[C@]3(O)C(=O)C(C(N)=O)C(=O)C[C@@H]3[C@@H](CC(=O)C3CCC3)[C@@H]21. The Bertz CT molecular complexity index is 1330.